The summed E-state index contributed by atoms with van der Waals surface area (Å²) in [6, 6.07) is 23.1. The van der Waals surface area contributed by atoms with E-state index in [0.29, 0.717) is 24.4 Å². The number of rotatable bonds is 8. The van der Waals surface area contributed by atoms with Crippen LogP contribution in [0.5, 0.6) is 0 Å². The number of nitrogens with one attached hydrogen (secondary N) is 2. The first-order valence-electron chi connectivity index (χ1n) is 9.94. The van der Waals surface area contributed by atoms with E-state index in [4.69, 9.17) is 4.42 Å². The second-order valence-electron chi connectivity index (χ2n) is 7.04. The maximum absolute atomic E-state index is 12.9. The monoisotopic (exact) mass is 414 g/mol. The molecule has 2 aromatic heterocycles. The summed E-state index contributed by atoms with van der Waals surface area (Å²) >= 11 is 0. The number of furan rings is 1. The number of anilines is 1. The summed E-state index contributed by atoms with van der Waals surface area (Å²) in [5.41, 5.74) is 1.61. The molecule has 0 spiro atoms. The van der Waals surface area contributed by atoms with Crippen LogP contribution in [0.4, 0.5) is 5.69 Å². The molecule has 4 aromatic rings. The number of amides is 2. The van der Waals surface area contributed by atoms with Gasteiger partial charge in [-0.15, -0.1) is 0 Å². The number of benzene rings is 2. The smallest absolute Gasteiger partial charge is 0.287 e. The molecule has 0 radical (unpaired) electrons. The third-order valence-corrected chi connectivity index (χ3v) is 4.71. The van der Waals surface area contributed by atoms with Gasteiger partial charge in [0, 0.05) is 24.5 Å². The predicted octanol–water partition coefficient (Wildman–Crippen LogP) is 3.50. The average molecular weight is 414 g/mol. The predicted molar refractivity (Wildman–Crippen MR) is 117 cm³/mol. The Hall–Kier alpha value is -4.13. The summed E-state index contributed by atoms with van der Waals surface area (Å²) in [4.78, 5) is 25.7. The largest absolute Gasteiger partial charge is 0.454 e. The zero-order chi connectivity index (χ0) is 21.5. The molecule has 4 rings (SSSR count). The molecule has 1 unspecified atom stereocenters. The SMILES string of the molecule is O=C(NC(Cc1ccccc1)C(=O)Nc1ccccc1)c1ccc(Cn2cccn2)o1. The standard InChI is InChI=1S/C24H22N4O3/c29-23(26-19-10-5-2-6-11-19)21(16-18-8-3-1-4-9-18)27-24(30)22-13-12-20(31-22)17-28-15-7-14-25-28/h1-15,21H,16-17H2,(H,26,29)(H,27,30). The molecule has 1 atom stereocenters. The summed E-state index contributed by atoms with van der Waals surface area (Å²) < 4.78 is 7.36. The first kappa shape index (κ1) is 20.2. The van der Waals surface area contributed by atoms with E-state index in [1.54, 1.807) is 35.1 Å². The fraction of sp³-hybridized carbons (Fsp3) is 0.125. The van der Waals surface area contributed by atoms with Crippen molar-refractivity contribution in [2.75, 3.05) is 5.32 Å². The van der Waals surface area contributed by atoms with Crippen LogP contribution >= 0.6 is 0 Å². The van der Waals surface area contributed by atoms with Crippen molar-refractivity contribution in [1.29, 1.82) is 0 Å². The van der Waals surface area contributed by atoms with E-state index in [-0.39, 0.29) is 11.7 Å². The molecule has 0 aliphatic heterocycles. The average Bonchev–Trinajstić information content (AvgIpc) is 3.47. The van der Waals surface area contributed by atoms with Gasteiger partial charge in [-0.05, 0) is 35.9 Å². The Kier molecular flexibility index (Phi) is 6.23. The van der Waals surface area contributed by atoms with Gasteiger partial charge >= 0.3 is 0 Å². The van der Waals surface area contributed by atoms with Crippen molar-refractivity contribution in [1.82, 2.24) is 15.1 Å². The molecule has 156 valence electrons. The van der Waals surface area contributed by atoms with Crippen LogP contribution in [0.15, 0.2) is 95.7 Å². The molecule has 0 aliphatic rings. The fourth-order valence-electron chi connectivity index (χ4n) is 3.18. The molecule has 2 heterocycles. The van der Waals surface area contributed by atoms with Crippen molar-refractivity contribution >= 4 is 17.5 Å². The lowest BCUT2D eigenvalue weighted by atomic mass is 10.0. The summed E-state index contributed by atoms with van der Waals surface area (Å²) in [5.74, 6) is -0.00231. The lowest BCUT2D eigenvalue weighted by Crippen LogP contribution is -2.45. The molecule has 0 bridgehead atoms. The first-order chi connectivity index (χ1) is 15.2. The molecule has 0 saturated heterocycles. The lowest BCUT2D eigenvalue weighted by Gasteiger charge is -2.18. The molecule has 0 saturated carbocycles. The Bertz CT molecular complexity index is 1120. The summed E-state index contributed by atoms with van der Waals surface area (Å²) in [7, 11) is 0. The molecular formula is C24H22N4O3. The molecule has 7 nitrogen and oxygen atoms in total. The van der Waals surface area contributed by atoms with E-state index in [1.165, 1.54) is 0 Å². The highest BCUT2D eigenvalue weighted by Crippen LogP contribution is 2.12. The van der Waals surface area contributed by atoms with Gasteiger partial charge < -0.3 is 15.1 Å². The van der Waals surface area contributed by atoms with E-state index in [0.717, 1.165) is 5.56 Å². The van der Waals surface area contributed by atoms with Gasteiger partial charge in [-0.2, -0.15) is 5.10 Å². The molecule has 2 N–H and O–H groups in total. The minimum Gasteiger partial charge on any atom is -0.454 e. The molecular weight excluding hydrogens is 392 g/mol. The van der Waals surface area contributed by atoms with Crippen LogP contribution in [0.2, 0.25) is 0 Å². The molecule has 2 aromatic carbocycles. The number of para-hydroxylation sites is 1. The zero-order valence-corrected chi connectivity index (χ0v) is 16.8. The van der Waals surface area contributed by atoms with E-state index in [1.807, 2.05) is 60.8 Å². The van der Waals surface area contributed by atoms with Crippen LogP contribution in [0.25, 0.3) is 0 Å². The Morgan fingerprint density at radius 3 is 2.39 bits per heavy atom. The number of carbonyl (C=O) groups is 2. The van der Waals surface area contributed by atoms with Crippen LogP contribution < -0.4 is 10.6 Å². The van der Waals surface area contributed by atoms with E-state index in [2.05, 4.69) is 15.7 Å². The first-order valence-corrected chi connectivity index (χ1v) is 9.94. The van der Waals surface area contributed by atoms with Crippen LogP contribution in [0.1, 0.15) is 21.9 Å². The normalized spacial score (nSPS) is 11.6. The molecule has 0 fully saturated rings. The van der Waals surface area contributed by atoms with Gasteiger partial charge in [0.05, 0.1) is 6.54 Å². The van der Waals surface area contributed by atoms with Gasteiger partial charge in [-0.25, -0.2) is 0 Å². The van der Waals surface area contributed by atoms with E-state index < -0.39 is 11.9 Å². The Balaban J connectivity index is 1.47. The second-order valence-corrected chi connectivity index (χ2v) is 7.04. The van der Waals surface area contributed by atoms with Gasteiger partial charge in [-0.1, -0.05) is 48.5 Å². The maximum Gasteiger partial charge on any atom is 0.287 e. The van der Waals surface area contributed by atoms with Gasteiger partial charge in [0.25, 0.3) is 5.91 Å². The van der Waals surface area contributed by atoms with Crippen molar-refractivity contribution in [2.24, 2.45) is 0 Å². The molecule has 31 heavy (non-hydrogen) atoms. The van der Waals surface area contributed by atoms with Gasteiger partial charge in [0.1, 0.15) is 11.8 Å². The number of hydrogen-bond donors (Lipinski definition) is 2. The minimum atomic E-state index is -0.769. The summed E-state index contributed by atoms with van der Waals surface area (Å²) in [6.45, 7) is 0.419. The lowest BCUT2D eigenvalue weighted by molar-refractivity contribution is -0.118. The number of aromatic nitrogens is 2. The number of nitrogens with zero attached hydrogens (tertiary/aromatic N) is 2. The maximum atomic E-state index is 12.9. The van der Waals surface area contributed by atoms with Crippen LogP contribution in [0.3, 0.4) is 0 Å². The Morgan fingerprint density at radius 1 is 0.935 bits per heavy atom. The van der Waals surface area contributed by atoms with Gasteiger partial charge in [-0.3, -0.25) is 14.3 Å². The van der Waals surface area contributed by atoms with Crippen LogP contribution in [-0.2, 0) is 17.8 Å². The van der Waals surface area contributed by atoms with Crippen molar-refractivity contribution in [3.63, 3.8) is 0 Å². The Morgan fingerprint density at radius 2 is 1.68 bits per heavy atom. The number of hydrogen-bond acceptors (Lipinski definition) is 4. The minimum absolute atomic E-state index is 0.146. The molecule has 0 aliphatic carbocycles. The topological polar surface area (TPSA) is 89.2 Å². The van der Waals surface area contributed by atoms with Crippen molar-refractivity contribution < 1.29 is 14.0 Å². The highest BCUT2D eigenvalue weighted by atomic mass is 16.4. The quantitative estimate of drug-likeness (QED) is 0.462. The Labute approximate surface area is 179 Å². The summed E-state index contributed by atoms with van der Waals surface area (Å²) in [6.07, 6.45) is 3.84. The molecule has 7 heteroatoms. The van der Waals surface area contributed by atoms with Crippen molar-refractivity contribution in [2.45, 2.75) is 19.0 Å². The van der Waals surface area contributed by atoms with Gasteiger partial charge in [0.2, 0.25) is 5.91 Å². The second kappa shape index (κ2) is 9.58. The van der Waals surface area contributed by atoms with Gasteiger partial charge in [0.15, 0.2) is 5.76 Å². The highest BCUT2D eigenvalue weighted by Gasteiger charge is 2.23. The number of carbonyl (C=O) groups excluding carboxylic acids is 2. The summed E-state index contributed by atoms with van der Waals surface area (Å²) in [5, 5.41) is 9.79. The third-order valence-electron chi connectivity index (χ3n) is 4.71. The zero-order valence-electron chi connectivity index (χ0n) is 16.8. The fourth-order valence-corrected chi connectivity index (χ4v) is 3.18. The third kappa shape index (κ3) is 5.48. The van der Waals surface area contributed by atoms with E-state index >= 15 is 0 Å². The van der Waals surface area contributed by atoms with Crippen LogP contribution in [0, 0.1) is 0 Å². The van der Waals surface area contributed by atoms with Crippen molar-refractivity contribution in [3.05, 3.63) is 108 Å². The van der Waals surface area contributed by atoms with Crippen LogP contribution in [-0.4, -0.2) is 27.6 Å². The highest BCUT2D eigenvalue weighted by molar-refractivity contribution is 6.00. The molecule has 2 amide bonds. The van der Waals surface area contributed by atoms with Crippen molar-refractivity contribution in [3.8, 4) is 0 Å². The van der Waals surface area contributed by atoms with E-state index in [9.17, 15) is 9.59 Å².